The van der Waals surface area contributed by atoms with E-state index in [4.69, 9.17) is 4.74 Å². The summed E-state index contributed by atoms with van der Waals surface area (Å²) in [5.41, 5.74) is 0.130. The normalized spacial score (nSPS) is 15.3. The zero-order valence-electron chi connectivity index (χ0n) is 15.7. The van der Waals surface area contributed by atoms with E-state index in [1.54, 1.807) is 22.6 Å². The number of H-pyrrole nitrogens is 1. The molecule has 9 heteroatoms. The Labute approximate surface area is 156 Å². The summed E-state index contributed by atoms with van der Waals surface area (Å²) in [6.45, 7) is 4.54. The largest absolute Gasteiger partial charge is 0.383 e. The van der Waals surface area contributed by atoms with E-state index in [1.165, 1.54) is 16.9 Å². The topological polar surface area (TPSA) is 102 Å². The number of ether oxygens (including phenoxy) is 1. The van der Waals surface area contributed by atoms with Gasteiger partial charge in [-0.3, -0.25) is 14.2 Å². The molecule has 3 rings (SSSR count). The van der Waals surface area contributed by atoms with E-state index in [0.29, 0.717) is 38.3 Å². The van der Waals surface area contributed by atoms with E-state index < -0.39 is 0 Å². The summed E-state index contributed by atoms with van der Waals surface area (Å²) in [7, 11) is 1.60. The van der Waals surface area contributed by atoms with Crippen LogP contribution in [0, 0.1) is 0 Å². The Bertz CT molecular complexity index is 885. The van der Waals surface area contributed by atoms with Crippen LogP contribution in [-0.4, -0.2) is 56.9 Å². The SMILES string of the molecule is CCn1c(C2CCN(C(=O)c3ccc(=O)[nH]c3)CC2)nn(CCOC)c1=O. The third-order valence-electron chi connectivity index (χ3n) is 4.95. The number of methoxy groups -OCH3 is 1. The second kappa shape index (κ2) is 8.34. The number of aromatic amines is 1. The number of carbonyl (C=O) groups excluding carboxylic acids is 1. The van der Waals surface area contributed by atoms with Crippen LogP contribution >= 0.6 is 0 Å². The molecular weight excluding hydrogens is 350 g/mol. The standard InChI is InChI=1S/C18H25N5O4/c1-3-22-16(20-23(18(22)26)10-11-27-2)13-6-8-21(9-7-13)17(25)14-4-5-15(24)19-12-14/h4-5,12-13H,3,6-11H2,1-2H3,(H,19,24). The lowest BCUT2D eigenvalue weighted by Gasteiger charge is -2.31. The molecule has 0 radical (unpaired) electrons. The summed E-state index contributed by atoms with van der Waals surface area (Å²) < 4.78 is 8.21. The lowest BCUT2D eigenvalue weighted by atomic mass is 9.95. The second-order valence-corrected chi connectivity index (χ2v) is 6.61. The molecule has 0 atom stereocenters. The Morgan fingerprint density at radius 2 is 2.04 bits per heavy atom. The third kappa shape index (κ3) is 4.02. The van der Waals surface area contributed by atoms with Crippen LogP contribution in [0.5, 0.6) is 0 Å². The highest BCUT2D eigenvalue weighted by Gasteiger charge is 2.28. The molecule has 1 amide bonds. The molecule has 2 aromatic rings. The molecule has 1 fully saturated rings. The first-order valence-electron chi connectivity index (χ1n) is 9.19. The molecule has 1 aliphatic heterocycles. The van der Waals surface area contributed by atoms with Gasteiger partial charge >= 0.3 is 5.69 Å². The highest BCUT2D eigenvalue weighted by atomic mass is 16.5. The summed E-state index contributed by atoms with van der Waals surface area (Å²) in [5.74, 6) is 0.832. The van der Waals surface area contributed by atoms with Gasteiger partial charge in [-0.15, -0.1) is 0 Å². The summed E-state index contributed by atoms with van der Waals surface area (Å²) >= 11 is 0. The zero-order chi connectivity index (χ0) is 19.4. The Kier molecular flexibility index (Phi) is 5.90. The first-order valence-corrected chi connectivity index (χ1v) is 9.19. The molecule has 9 nitrogen and oxygen atoms in total. The fraction of sp³-hybridized carbons (Fsp3) is 0.556. The Morgan fingerprint density at radius 1 is 1.30 bits per heavy atom. The van der Waals surface area contributed by atoms with Crippen LogP contribution in [0.1, 0.15) is 41.9 Å². The second-order valence-electron chi connectivity index (χ2n) is 6.61. The van der Waals surface area contributed by atoms with Gasteiger partial charge in [0.1, 0.15) is 5.82 Å². The van der Waals surface area contributed by atoms with Gasteiger partial charge in [-0.1, -0.05) is 0 Å². The van der Waals surface area contributed by atoms with Crippen molar-refractivity contribution in [1.82, 2.24) is 24.2 Å². The molecule has 0 spiro atoms. The van der Waals surface area contributed by atoms with Crippen molar-refractivity contribution < 1.29 is 9.53 Å². The molecule has 0 aromatic carbocycles. The lowest BCUT2D eigenvalue weighted by Crippen LogP contribution is -2.38. The van der Waals surface area contributed by atoms with E-state index in [0.717, 1.165) is 18.7 Å². The number of hydrogen-bond acceptors (Lipinski definition) is 5. The third-order valence-corrected chi connectivity index (χ3v) is 4.95. The van der Waals surface area contributed by atoms with Crippen molar-refractivity contribution >= 4 is 5.91 Å². The predicted molar refractivity (Wildman–Crippen MR) is 99.0 cm³/mol. The quantitative estimate of drug-likeness (QED) is 0.788. The van der Waals surface area contributed by atoms with E-state index in [-0.39, 0.29) is 23.1 Å². The van der Waals surface area contributed by atoms with Gasteiger partial charge < -0.3 is 14.6 Å². The summed E-state index contributed by atoms with van der Waals surface area (Å²) in [4.78, 5) is 40.5. The molecule has 2 aromatic heterocycles. The van der Waals surface area contributed by atoms with Gasteiger partial charge in [0.25, 0.3) is 5.91 Å². The van der Waals surface area contributed by atoms with Crippen molar-refractivity contribution in [3.63, 3.8) is 0 Å². The maximum Gasteiger partial charge on any atom is 0.345 e. The van der Waals surface area contributed by atoms with Gasteiger partial charge in [-0.2, -0.15) is 5.10 Å². The van der Waals surface area contributed by atoms with Crippen LogP contribution in [0.3, 0.4) is 0 Å². The minimum atomic E-state index is -0.230. The number of piperidine rings is 1. The monoisotopic (exact) mass is 375 g/mol. The van der Waals surface area contributed by atoms with Gasteiger partial charge in [0, 0.05) is 44.9 Å². The van der Waals surface area contributed by atoms with Gasteiger partial charge in [-0.25, -0.2) is 9.48 Å². The fourth-order valence-corrected chi connectivity index (χ4v) is 3.45. The summed E-state index contributed by atoms with van der Waals surface area (Å²) in [6.07, 6.45) is 2.94. The molecule has 146 valence electrons. The average molecular weight is 375 g/mol. The lowest BCUT2D eigenvalue weighted by molar-refractivity contribution is 0.0709. The Balaban J connectivity index is 1.70. The van der Waals surface area contributed by atoms with Crippen molar-refractivity contribution in [2.45, 2.75) is 38.8 Å². The smallest absolute Gasteiger partial charge is 0.345 e. The molecular formula is C18H25N5O4. The number of rotatable bonds is 6. The van der Waals surface area contributed by atoms with Crippen LogP contribution < -0.4 is 11.2 Å². The number of carbonyl (C=O) groups is 1. The summed E-state index contributed by atoms with van der Waals surface area (Å²) in [6, 6.07) is 2.89. The highest BCUT2D eigenvalue weighted by Crippen LogP contribution is 2.27. The number of amides is 1. The van der Waals surface area contributed by atoms with Crippen LogP contribution in [0.4, 0.5) is 0 Å². The van der Waals surface area contributed by atoms with Gasteiger partial charge in [-0.05, 0) is 25.8 Å². The molecule has 1 N–H and O–H groups in total. The molecule has 1 aliphatic rings. The number of hydrogen-bond donors (Lipinski definition) is 1. The van der Waals surface area contributed by atoms with Crippen LogP contribution in [0.15, 0.2) is 27.9 Å². The van der Waals surface area contributed by atoms with Crippen molar-refractivity contribution in [3.05, 3.63) is 50.6 Å². The van der Waals surface area contributed by atoms with Crippen molar-refractivity contribution in [2.75, 3.05) is 26.8 Å². The molecule has 0 aliphatic carbocycles. The maximum atomic E-state index is 12.6. The fourth-order valence-electron chi connectivity index (χ4n) is 3.45. The summed E-state index contributed by atoms with van der Waals surface area (Å²) in [5, 5.41) is 4.52. The van der Waals surface area contributed by atoms with E-state index in [9.17, 15) is 14.4 Å². The van der Waals surface area contributed by atoms with Crippen molar-refractivity contribution in [1.29, 1.82) is 0 Å². The Morgan fingerprint density at radius 3 is 2.63 bits per heavy atom. The average Bonchev–Trinajstić information content (AvgIpc) is 3.02. The van der Waals surface area contributed by atoms with Gasteiger partial charge in [0.05, 0.1) is 18.7 Å². The number of pyridine rings is 1. The minimum absolute atomic E-state index is 0.0943. The maximum absolute atomic E-state index is 12.6. The van der Waals surface area contributed by atoms with Crippen LogP contribution in [0.2, 0.25) is 0 Å². The van der Waals surface area contributed by atoms with Crippen molar-refractivity contribution in [3.8, 4) is 0 Å². The number of aromatic nitrogens is 4. The molecule has 0 bridgehead atoms. The number of nitrogens with one attached hydrogen (secondary N) is 1. The molecule has 27 heavy (non-hydrogen) atoms. The highest BCUT2D eigenvalue weighted by molar-refractivity contribution is 5.93. The molecule has 0 unspecified atom stereocenters. The first kappa shape index (κ1) is 19.1. The van der Waals surface area contributed by atoms with Gasteiger partial charge in [0.15, 0.2) is 0 Å². The Hall–Kier alpha value is -2.68. The van der Waals surface area contributed by atoms with E-state index in [2.05, 4.69) is 10.1 Å². The molecule has 0 saturated carbocycles. The van der Waals surface area contributed by atoms with Gasteiger partial charge in [0.2, 0.25) is 5.56 Å². The van der Waals surface area contributed by atoms with Crippen molar-refractivity contribution in [2.24, 2.45) is 0 Å². The van der Waals surface area contributed by atoms with E-state index in [1.807, 2.05) is 6.92 Å². The zero-order valence-corrected chi connectivity index (χ0v) is 15.7. The first-order chi connectivity index (χ1) is 13.0. The van der Waals surface area contributed by atoms with Crippen LogP contribution in [-0.2, 0) is 17.8 Å². The molecule has 1 saturated heterocycles. The minimum Gasteiger partial charge on any atom is -0.383 e. The molecule has 3 heterocycles. The number of nitrogens with zero attached hydrogens (tertiary/aromatic N) is 4. The van der Waals surface area contributed by atoms with E-state index >= 15 is 0 Å². The predicted octanol–water partition coefficient (Wildman–Crippen LogP) is 0.419. The van der Waals surface area contributed by atoms with Crippen LogP contribution in [0.25, 0.3) is 0 Å². The number of likely N-dealkylation sites (tertiary alicyclic amines) is 1.